The summed E-state index contributed by atoms with van der Waals surface area (Å²) in [6.07, 6.45) is 0. The van der Waals surface area contributed by atoms with Crippen molar-refractivity contribution in [3.05, 3.63) is 71.9 Å². The van der Waals surface area contributed by atoms with Crippen molar-refractivity contribution >= 4 is 23.4 Å². The zero-order valence-electron chi connectivity index (χ0n) is 17.3. The first kappa shape index (κ1) is 20.9. The van der Waals surface area contributed by atoms with Gasteiger partial charge in [0.05, 0.1) is 11.4 Å². The average molecular weight is 407 g/mol. The highest BCUT2D eigenvalue weighted by atomic mass is 32.2. The lowest BCUT2D eigenvalue weighted by Gasteiger charge is -2.18. The van der Waals surface area contributed by atoms with Gasteiger partial charge in [0.2, 0.25) is 5.91 Å². The van der Waals surface area contributed by atoms with Gasteiger partial charge in [0.25, 0.3) is 0 Å². The average Bonchev–Trinajstić information content (AvgIpc) is 2.72. The number of benzene rings is 2. The Kier molecular flexibility index (Phi) is 6.88. The molecule has 0 unspecified atom stereocenters. The van der Waals surface area contributed by atoms with Crippen LogP contribution in [0.1, 0.15) is 11.3 Å². The van der Waals surface area contributed by atoms with Crippen LogP contribution in [0, 0.1) is 6.92 Å². The van der Waals surface area contributed by atoms with Crippen molar-refractivity contribution in [3.63, 3.8) is 0 Å². The van der Waals surface area contributed by atoms with Crippen LogP contribution < -0.4 is 4.90 Å². The molecule has 1 heterocycles. The second kappa shape index (κ2) is 9.56. The third-order valence-corrected chi connectivity index (χ3v) is 5.36. The molecule has 2 aromatic carbocycles. The van der Waals surface area contributed by atoms with Crippen LogP contribution in [-0.4, -0.2) is 47.7 Å². The quantitative estimate of drug-likeness (QED) is 0.433. The van der Waals surface area contributed by atoms with Gasteiger partial charge < -0.3 is 9.80 Å². The van der Waals surface area contributed by atoms with Crippen molar-refractivity contribution < 1.29 is 4.79 Å². The van der Waals surface area contributed by atoms with Crippen LogP contribution in [0.5, 0.6) is 0 Å². The first-order chi connectivity index (χ1) is 13.9. The lowest BCUT2D eigenvalue weighted by molar-refractivity contribution is -0.127. The molecule has 0 bridgehead atoms. The number of nitrogens with zero attached hydrogens (tertiary/aromatic N) is 4. The number of hydrogen-bond acceptors (Lipinski definition) is 5. The largest absolute Gasteiger partial charge is 0.378 e. The number of carbonyl (C=O) groups excluding carboxylic acids is 1. The van der Waals surface area contributed by atoms with Gasteiger partial charge in [-0.1, -0.05) is 54.2 Å². The van der Waals surface area contributed by atoms with Crippen molar-refractivity contribution in [1.29, 1.82) is 0 Å². The second-order valence-corrected chi connectivity index (χ2v) is 8.09. The molecule has 1 amide bonds. The van der Waals surface area contributed by atoms with Crippen LogP contribution in [0.15, 0.2) is 65.8 Å². The molecule has 5 nitrogen and oxygen atoms in total. The highest BCUT2D eigenvalue weighted by molar-refractivity contribution is 7.99. The van der Waals surface area contributed by atoms with Crippen molar-refractivity contribution in [2.75, 3.05) is 31.8 Å². The summed E-state index contributed by atoms with van der Waals surface area (Å²) in [5.41, 5.74) is 5.06. The maximum Gasteiger partial charge on any atom is 0.233 e. The van der Waals surface area contributed by atoms with Gasteiger partial charge >= 0.3 is 0 Å². The minimum absolute atomic E-state index is 0.0538. The van der Waals surface area contributed by atoms with E-state index in [2.05, 4.69) is 39.1 Å². The fourth-order valence-electron chi connectivity index (χ4n) is 2.86. The summed E-state index contributed by atoms with van der Waals surface area (Å²) in [6, 6.07) is 20.2. The molecule has 0 aliphatic heterocycles. The Morgan fingerprint density at radius 1 is 0.966 bits per heavy atom. The summed E-state index contributed by atoms with van der Waals surface area (Å²) in [6.45, 7) is 2.53. The van der Waals surface area contributed by atoms with E-state index in [4.69, 9.17) is 0 Å². The van der Waals surface area contributed by atoms with Gasteiger partial charge in [0, 0.05) is 44.6 Å². The van der Waals surface area contributed by atoms with Crippen molar-refractivity contribution in [2.45, 2.75) is 18.6 Å². The van der Waals surface area contributed by atoms with Crippen LogP contribution >= 0.6 is 11.8 Å². The molecule has 29 heavy (non-hydrogen) atoms. The Morgan fingerprint density at radius 3 is 2.31 bits per heavy atom. The van der Waals surface area contributed by atoms with Gasteiger partial charge in [-0.3, -0.25) is 4.79 Å². The van der Waals surface area contributed by atoms with E-state index in [-0.39, 0.29) is 5.91 Å². The molecule has 150 valence electrons. The Morgan fingerprint density at radius 2 is 1.66 bits per heavy atom. The highest BCUT2D eigenvalue weighted by Gasteiger charge is 2.12. The third kappa shape index (κ3) is 5.81. The molecule has 0 fully saturated rings. The standard InChI is InChI=1S/C23H26N4OS/c1-17-14-21(19-8-6-5-7-9-19)25-23(24-17)29-16-22(28)27(4)15-18-10-12-20(13-11-18)26(2)3/h5-14H,15-16H2,1-4H3. The maximum absolute atomic E-state index is 12.6. The summed E-state index contributed by atoms with van der Waals surface area (Å²) in [5, 5.41) is 0.626. The molecule has 6 heteroatoms. The van der Waals surface area contributed by atoms with E-state index >= 15 is 0 Å². The number of hydrogen-bond donors (Lipinski definition) is 0. The summed E-state index contributed by atoms with van der Waals surface area (Å²) in [5.74, 6) is 0.363. The molecule has 0 aliphatic carbocycles. The van der Waals surface area contributed by atoms with Gasteiger partial charge in [-0.15, -0.1) is 0 Å². The topological polar surface area (TPSA) is 49.3 Å². The fourth-order valence-corrected chi connectivity index (χ4v) is 3.71. The monoisotopic (exact) mass is 406 g/mol. The van der Waals surface area contributed by atoms with Crippen LogP contribution in [0.2, 0.25) is 0 Å². The summed E-state index contributed by atoms with van der Waals surface area (Å²) in [7, 11) is 5.85. The predicted octanol–water partition coefficient (Wildman–Crippen LogP) is 4.27. The number of rotatable bonds is 7. The first-order valence-corrected chi connectivity index (χ1v) is 10.4. The number of carbonyl (C=O) groups is 1. The number of anilines is 1. The Bertz CT molecular complexity index is 958. The molecule has 3 rings (SSSR count). The predicted molar refractivity (Wildman–Crippen MR) is 120 cm³/mol. The molecule has 1 aromatic heterocycles. The van der Waals surface area contributed by atoms with Crippen LogP contribution in [0.3, 0.4) is 0 Å². The summed E-state index contributed by atoms with van der Waals surface area (Å²) < 4.78 is 0. The summed E-state index contributed by atoms with van der Waals surface area (Å²) >= 11 is 1.38. The zero-order chi connectivity index (χ0) is 20.8. The fraction of sp³-hybridized carbons (Fsp3) is 0.261. The molecular weight excluding hydrogens is 380 g/mol. The van der Waals surface area contributed by atoms with Crippen LogP contribution in [0.25, 0.3) is 11.3 Å². The SMILES string of the molecule is Cc1cc(-c2ccccc2)nc(SCC(=O)N(C)Cc2ccc(N(C)C)cc2)n1. The van der Waals surface area contributed by atoms with E-state index in [1.54, 1.807) is 4.90 Å². The number of amides is 1. The first-order valence-electron chi connectivity index (χ1n) is 9.46. The van der Waals surface area contributed by atoms with Gasteiger partial charge in [0.15, 0.2) is 5.16 Å². The Balaban J connectivity index is 1.60. The Hall–Kier alpha value is -2.86. The van der Waals surface area contributed by atoms with E-state index in [0.29, 0.717) is 17.5 Å². The number of aryl methyl sites for hydroxylation is 1. The van der Waals surface area contributed by atoms with Gasteiger partial charge in [-0.25, -0.2) is 9.97 Å². The summed E-state index contributed by atoms with van der Waals surface area (Å²) in [4.78, 5) is 25.5. The number of thioether (sulfide) groups is 1. The van der Waals surface area contributed by atoms with Crippen molar-refractivity contribution in [2.24, 2.45) is 0 Å². The number of aromatic nitrogens is 2. The molecule has 0 saturated heterocycles. The smallest absolute Gasteiger partial charge is 0.233 e. The van der Waals surface area contributed by atoms with E-state index in [0.717, 1.165) is 28.2 Å². The van der Waals surface area contributed by atoms with Crippen LogP contribution in [0.4, 0.5) is 5.69 Å². The molecule has 0 radical (unpaired) electrons. The van der Waals surface area contributed by atoms with E-state index in [9.17, 15) is 4.79 Å². The van der Waals surface area contributed by atoms with Crippen molar-refractivity contribution in [3.8, 4) is 11.3 Å². The lowest BCUT2D eigenvalue weighted by atomic mass is 10.1. The lowest BCUT2D eigenvalue weighted by Crippen LogP contribution is -2.27. The van der Waals surface area contributed by atoms with Crippen molar-refractivity contribution in [1.82, 2.24) is 14.9 Å². The molecule has 0 saturated carbocycles. The minimum Gasteiger partial charge on any atom is -0.378 e. The highest BCUT2D eigenvalue weighted by Crippen LogP contribution is 2.22. The van der Waals surface area contributed by atoms with E-state index < -0.39 is 0 Å². The third-order valence-electron chi connectivity index (χ3n) is 4.53. The molecule has 3 aromatic rings. The van der Waals surface area contributed by atoms with E-state index in [1.165, 1.54) is 11.8 Å². The molecule has 0 spiro atoms. The maximum atomic E-state index is 12.6. The minimum atomic E-state index is 0.0538. The van der Waals surface area contributed by atoms with Gasteiger partial charge in [-0.05, 0) is 30.7 Å². The molecule has 0 N–H and O–H groups in total. The molecule has 0 aliphatic rings. The van der Waals surface area contributed by atoms with Crippen LogP contribution in [-0.2, 0) is 11.3 Å². The normalized spacial score (nSPS) is 10.6. The molecule has 0 atom stereocenters. The van der Waals surface area contributed by atoms with Gasteiger partial charge in [0.1, 0.15) is 0 Å². The second-order valence-electron chi connectivity index (χ2n) is 7.14. The molecular formula is C23H26N4OS. The zero-order valence-corrected chi connectivity index (χ0v) is 18.1. The Labute approximate surface area is 176 Å². The van der Waals surface area contributed by atoms with Gasteiger partial charge in [-0.2, -0.15) is 0 Å². The van der Waals surface area contributed by atoms with E-state index in [1.807, 2.05) is 64.5 Å².